The van der Waals surface area contributed by atoms with Crippen molar-refractivity contribution in [1.29, 1.82) is 0 Å². The monoisotopic (exact) mass is 1020 g/mol. The lowest BCUT2D eigenvalue weighted by Crippen LogP contribution is -2.55. The molecule has 4 fully saturated rings. The van der Waals surface area contributed by atoms with Crippen molar-refractivity contribution in [2.45, 2.75) is 76.0 Å². The Morgan fingerprint density at radius 2 is 0.823 bits per heavy atom. The molecule has 380 valence electrons. The van der Waals surface area contributed by atoms with E-state index in [4.69, 9.17) is 8.83 Å². The molecule has 79 heavy (non-hydrogen) atoms. The zero-order valence-electron chi connectivity index (χ0n) is 45.2. The first-order valence-corrected chi connectivity index (χ1v) is 29.1. The quantitative estimate of drug-likeness (QED) is 0.172. The van der Waals surface area contributed by atoms with Crippen molar-refractivity contribution in [3.8, 4) is 55.6 Å². The maximum absolute atomic E-state index is 6.87. The number of anilines is 3. The highest BCUT2D eigenvalue weighted by molar-refractivity contribution is 6.11. The fraction of sp³-hybridized carbons (Fsp3) is 0.211. The zero-order valence-corrected chi connectivity index (χ0v) is 45.2. The number of hydrogen-bond donors (Lipinski definition) is 0. The van der Waals surface area contributed by atoms with E-state index < -0.39 is 0 Å². The summed E-state index contributed by atoms with van der Waals surface area (Å²) in [6.07, 6.45) is 6.51. The Balaban J connectivity index is 0.902. The number of para-hydroxylation sites is 3. The predicted octanol–water partition coefficient (Wildman–Crippen LogP) is 20.6. The largest absolute Gasteiger partial charge is 0.456 e. The molecule has 3 nitrogen and oxygen atoms in total. The Labute approximate surface area is 461 Å². The van der Waals surface area contributed by atoms with Gasteiger partial charge < -0.3 is 13.7 Å². The molecule has 3 heteroatoms. The summed E-state index contributed by atoms with van der Waals surface area (Å²) in [4.78, 5) is 2.62. The first kappa shape index (κ1) is 44.6. The summed E-state index contributed by atoms with van der Waals surface area (Å²) in [7, 11) is 0. The molecule has 0 radical (unpaired) electrons. The molecule has 12 aromatic rings. The number of rotatable bonds is 5. The van der Waals surface area contributed by atoms with Crippen molar-refractivity contribution in [2.75, 3.05) is 4.90 Å². The Morgan fingerprint density at radius 3 is 1.46 bits per heavy atom. The molecule has 4 saturated carbocycles. The number of nitrogens with zero attached hydrogens (tertiary/aromatic N) is 1. The van der Waals surface area contributed by atoms with E-state index in [9.17, 15) is 0 Å². The number of furan rings is 2. The third kappa shape index (κ3) is 5.83. The van der Waals surface area contributed by atoms with E-state index in [1.54, 1.807) is 0 Å². The smallest absolute Gasteiger partial charge is 0.143 e. The fourth-order valence-electron chi connectivity index (χ4n) is 17.8. The van der Waals surface area contributed by atoms with Crippen LogP contribution in [0.5, 0.6) is 0 Å². The van der Waals surface area contributed by atoms with E-state index in [2.05, 4.69) is 233 Å². The SMILES string of the molecule is CC1(C)c2ccccc2-c2ccc(N(c3ccc4c(c3)C(C)(C)c3ccccc3-4)c3ccc4c(c3)C3(c5c(-c6ccc7c(c6)oc6ccccc67)cc(-c6cccc7c6oc6ccccc67)cc5-4)C4CC5CC(C4)CC3C5)cc21. The van der Waals surface area contributed by atoms with Gasteiger partial charge in [-0.1, -0.05) is 155 Å². The van der Waals surface area contributed by atoms with Crippen LogP contribution in [-0.4, -0.2) is 0 Å². The molecule has 0 atom stereocenters. The second kappa shape index (κ2) is 15.5. The first-order valence-electron chi connectivity index (χ1n) is 29.1. The van der Waals surface area contributed by atoms with Crippen molar-refractivity contribution < 1.29 is 8.83 Å². The molecule has 0 saturated heterocycles. The van der Waals surface area contributed by atoms with Crippen LogP contribution in [0.2, 0.25) is 0 Å². The van der Waals surface area contributed by atoms with Gasteiger partial charge in [-0.2, -0.15) is 0 Å². The van der Waals surface area contributed by atoms with Crippen LogP contribution in [0.25, 0.3) is 99.5 Å². The molecule has 2 heterocycles. The van der Waals surface area contributed by atoms with E-state index in [1.807, 2.05) is 0 Å². The topological polar surface area (TPSA) is 29.5 Å². The maximum Gasteiger partial charge on any atom is 0.143 e. The van der Waals surface area contributed by atoms with Gasteiger partial charge in [0, 0.05) is 60.4 Å². The van der Waals surface area contributed by atoms with Crippen LogP contribution < -0.4 is 4.90 Å². The van der Waals surface area contributed by atoms with Crippen LogP contribution in [-0.2, 0) is 16.2 Å². The van der Waals surface area contributed by atoms with E-state index in [-0.39, 0.29) is 16.2 Å². The van der Waals surface area contributed by atoms with Crippen LogP contribution in [0.3, 0.4) is 0 Å². The van der Waals surface area contributed by atoms with Gasteiger partial charge in [0.25, 0.3) is 0 Å². The standard InChI is InChI=1S/C76H59NO2/c1-74(2)64-20-9-5-14-53(64)55-29-25-49(40-66(55)74)77(50-26-30-56-54-15-6-10-21-65(54)75(3,4)67(56)41-50)51-27-31-57-63-38-46(52-18-13-19-61-59-17-8-12-23-70(59)79-73(52)61)37-62(45-24-28-60-58-16-7-11-22-69(58)78-71(60)39-45)72(63)76(68(57)42-51)47-33-43-32-44(35-47)36-48(76)34-43/h5-31,37-44,47-48H,32-36H2,1-4H3. The summed E-state index contributed by atoms with van der Waals surface area (Å²) in [6, 6.07) is 76.4. The third-order valence-corrected chi connectivity index (χ3v) is 21.0. The Hall–Kier alpha value is -8.40. The minimum atomic E-state index is -0.176. The summed E-state index contributed by atoms with van der Waals surface area (Å²) >= 11 is 0. The van der Waals surface area contributed by atoms with Gasteiger partial charge in [0.2, 0.25) is 0 Å². The van der Waals surface area contributed by atoms with Crippen molar-refractivity contribution in [1.82, 2.24) is 0 Å². The first-order chi connectivity index (χ1) is 38.6. The van der Waals surface area contributed by atoms with Crippen LogP contribution in [0.15, 0.2) is 209 Å². The van der Waals surface area contributed by atoms with Crippen molar-refractivity contribution in [3.05, 3.63) is 234 Å². The van der Waals surface area contributed by atoms with Crippen LogP contribution in [0, 0.1) is 23.7 Å². The lowest BCUT2D eigenvalue weighted by molar-refractivity contribution is -0.0397. The third-order valence-electron chi connectivity index (χ3n) is 21.0. The lowest BCUT2D eigenvalue weighted by atomic mass is 9.42. The van der Waals surface area contributed by atoms with E-state index in [1.165, 1.54) is 133 Å². The highest BCUT2D eigenvalue weighted by Gasteiger charge is 2.62. The van der Waals surface area contributed by atoms with Gasteiger partial charge in [0.1, 0.15) is 22.3 Å². The van der Waals surface area contributed by atoms with Crippen LogP contribution in [0.1, 0.15) is 93.2 Å². The Kier molecular flexibility index (Phi) is 8.72. The molecule has 19 rings (SSSR count). The molecular formula is C76H59NO2. The Morgan fingerprint density at radius 1 is 0.342 bits per heavy atom. The molecule has 2 aromatic heterocycles. The number of hydrogen-bond acceptors (Lipinski definition) is 3. The summed E-state index contributed by atoms with van der Waals surface area (Å²) < 4.78 is 13.6. The second-order valence-corrected chi connectivity index (χ2v) is 25.6. The molecule has 1 spiro atoms. The zero-order chi connectivity index (χ0) is 52.3. The minimum Gasteiger partial charge on any atom is -0.456 e. The highest BCUT2D eigenvalue weighted by Crippen LogP contribution is 2.71. The van der Waals surface area contributed by atoms with Gasteiger partial charge >= 0.3 is 0 Å². The Bertz CT molecular complexity index is 4520. The second-order valence-electron chi connectivity index (χ2n) is 25.6. The fourth-order valence-corrected chi connectivity index (χ4v) is 17.8. The van der Waals surface area contributed by atoms with Crippen LogP contribution >= 0.6 is 0 Å². The van der Waals surface area contributed by atoms with Gasteiger partial charge in [0.15, 0.2) is 0 Å². The molecular weight excluding hydrogens is 959 g/mol. The number of benzene rings is 10. The van der Waals surface area contributed by atoms with Crippen molar-refractivity contribution in [2.24, 2.45) is 23.7 Å². The average Bonchev–Trinajstić information content (AvgIpc) is 3.30. The van der Waals surface area contributed by atoms with Crippen LogP contribution in [0.4, 0.5) is 17.1 Å². The van der Waals surface area contributed by atoms with Crippen molar-refractivity contribution in [3.63, 3.8) is 0 Å². The molecule has 0 unspecified atom stereocenters. The maximum atomic E-state index is 6.87. The summed E-state index contributed by atoms with van der Waals surface area (Å²) in [5.41, 5.74) is 28.5. The van der Waals surface area contributed by atoms with Crippen molar-refractivity contribution >= 4 is 60.9 Å². The highest BCUT2D eigenvalue weighted by atomic mass is 16.3. The molecule has 0 aliphatic heterocycles. The summed E-state index contributed by atoms with van der Waals surface area (Å²) in [5.74, 6) is 2.64. The normalized spacial score (nSPS) is 21.9. The molecule has 7 aliphatic carbocycles. The summed E-state index contributed by atoms with van der Waals surface area (Å²) in [6.45, 7) is 9.65. The molecule has 0 N–H and O–H groups in total. The number of fused-ring (bicyclic) bond motifs is 15. The van der Waals surface area contributed by atoms with Gasteiger partial charge in [-0.25, -0.2) is 0 Å². The molecule has 7 aliphatic rings. The molecule has 10 aromatic carbocycles. The van der Waals surface area contributed by atoms with Gasteiger partial charge in [-0.05, 0) is 212 Å². The van der Waals surface area contributed by atoms with Gasteiger partial charge in [0.05, 0.1) is 0 Å². The lowest BCUT2D eigenvalue weighted by Gasteiger charge is -2.61. The summed E-state index contributed by atoms with van der Waals surface area (Å²) in [5, 5.41) is 4.63. The minimum absolute atomic E-state index is 0.147. The van der Waals surface area contributed by atoms with Gasteiger partial charge in [-0.15, -0.1) is 0 Å². The average molecular weight is 1020 g/mol. The van der Waals surface area contributed by atoms with E-state index >= 15 is 0 Å². The van der Waals surface area contributed by atoms with E-state index in [0.29, 0.717) is 11.8 Å². The van der Waals surface area contributed by atoms with E-state index in [0.717, 1.165) is 61.3 Å². The molecule has 0 amide bonds. The predicted molar refractivity (Wildman–Crippen MR) is 325 cm³/mol. The molecule has 4 bridgehead atoms. The van der Waals surface area contributed by atoms with Gasteiger partial charge in [-0.3, -0.25) is 0 Å².